The fraction of sp³-hybridized carbons (Fsp3) is 0.333. The maximum atomic E-state index is 13.4. The Morgan fingerprint density at radius 3 is 1.85 bits per heavy atom. The normalized spacial score (nSPS) is 24.9. The van der Waals surface area contributed by atoms with Crippen LogP contribution in [0.1, 0.15) is 11.1 Å². The molecule has 26 heavy (non-hydrogen) atoms. The zero-order valence-electron chi connectivity index (χ0n) is 12.6. The Kier molecular flexibility index (Phi) is 4.60. The average Bonchev–Trinajstić information content (AvgIpc) is 2.46. The third-order valence-electron chi connectivity index (χ3n) is 3.94. The van der Waals surface area contributed by atoms with Gasteiger partial charge in [0, 0.05) is 5.70 Å². The van der Waals surface area contributed by atoms with Crippen LogP contribution in [0.15, 0.2) is 47.7 Å². The minimum atomic E-state index is -5.45. The highest BCUT2D eigenvalue weighted by Gasteiger charge is 2.61. The summed E-state index contributed by atoms with van der Waals surface area (Å²) in [5.74, 6) is -3.11. The molecule has 1 aromatic carbocycles. The van der Waals surface area contributed by atoms with Crippen LogP contribution in [-0.2, 0) is 11.7 Å². The molecule has 1 aliphatic rings. The van der Waals surface area contributed by atoms with Crippen molar-refractivity contribution >= 4 is 0 Å². The van der Waals surface area contributed by atoms with Gasteiger partial charge >= 0.3 is 18.5 Å². The van der Waals surface area contributed by atoms with Gasteiger partial charge in [-0.15, -0.1) is 0 Å². The van der Waals surface area contributed by atoms with Crippen LogP contribution in [0.2, 0.25) is 0 Å². The molecule has 0 fully saturated rings. The fourth-order valence-corrected chi connectivity index (χ4v) is 2.90. The summed E-state index contributed by atoms with van der Waals surface area (Å²) in [7, 11) is 0. The van der Waals surface area contributed by atoms with Crippen LogP contribution < -0.4 is 11.5 Å². The van der Waals surface area contributed by atoms with Crippen LogP contribution >= 0.6 is 0 Å². The summed E-state index contributed by atoms with van der Waals surface area (Å²) in [4.78, 5) is 0. The topological polar surface area (TPSA) is 52.0 Å². The van der Waals surface area contributed by atoms with E-state index in [1.165, 1.54) is 0 Å². The van der Waals surface area contributed by atoms with Crippen molar-refractivity contribution in [2.45, 2.75) is 24.1 Å². The number of hydrogen-bond donors (Lipinski definition) is 2. The van der Waals surface area contributed by atoms with E-state index in [1.807, 2.05) is 0 Å². The Hall–Kier alpha value is -2.17. The van der Waals surface area contributed by atoms with Crippen LogP contribution in [0.5, 0.6) is 0 Å². The molecule has 0 saturated carbocycles. The zero-order valence-corrected chi connectivity index (χ0v) is 12.6. The average molecular weight is 390 g/mol. The molecule has 144 valence electrons. The van der Waals surface area contributed by atoms with Crippen molar-refractivity contribution in [1.82, 2.24) is 0 Å². The third kappa shape index (κ3) is 3.39. The quantitative estimate of drug-likeness (QED) is 0.700. The van der Waals surface area contributed by atoms with Gasteiger partial charge in [-0.05, 0) is 23.8 Å². The SMILES string of the molecule is NC1=CC(C(F)(F)F)C(N)(c2ccccc2C(F)(F)F)C(C(F)(F)F)=C1. The summed E-state index contributed by atoms with van der Waals surface area (Å²) >= 11 is 0. The van der Waals surface area contributed by atoms with Gasteiger partial charge < -0.3 is 11.5 Å². The third-order valence-corrected chi connectivity index (χ3v) is 3.94. The smallest absolute Gasteiger partial charge is 0.399 e. The lowest BCUT2D eigenvalue weighted by Gasteiger charge is -2.43. The van der Waals surface area contributed by atoms with Gasteiger partial charge in [-0.2, -0.15) is 39.5 Å². The van der Waals surface area contributed by atoms with E-state index in [0.717, 1.165) is 12.1 Å². The minimum Gasteiger partial charge on any atom is -0.399 e. The van der Waals surface area contributed by atoms with Crippen molar-refractivity contribution in [3.05, 3.63) is 58.8 Å². The van der Waals surface area contributed by atoms with Gasteiger partial charge in [0.25, 0.3) is 0 Å². The molecule has 0 amide bonds. The van der Waals surface area contributed by atoms with Gasteiger partial charge in [-0.3, -0.25) is 0 Å². The molecule has 0 bridgehead atoms. The summed E-state index contributed by atoms with van der Waals surface area (Å²) in [6.45, 7) is 0. The first-order valence-electron chi connectivity index (χ1n) is 6.88. The van der Waals surface area contributed by atoms with E-state index >= 15 is 0 Å². The molecule has 0 radical (unpaired) electrons. The molecular weight excluding hydrogens is 379 g/mol. The number of hydrogen-bond acceptors (Lipinski definition) is 2. The molecular formula is C15H11F9N2. The van der Waals surface area contributed by atoms with Crippen LogP contribution in [0.3, 0.4) is 0 Å². The second-order valence-electron chi connectivity index (χ2n) is 5.65. The van der Waals surface area contributed by atoms with Crippen molar-refractivity contribution in [3.8, 4) is 0 Å². The second kappa shape index (κ2) is 5.93. The number of alkyl halides is 9. The predicted molar refractivity (Wildman–Crippen MR) is 73.3 cm³/mol. The molecule has 0 heterocycles. The van der Waals surface area contributed by atoms with Crippen LogP contribution in [-0.4, -0.2) is 12.4 Å². The Balaban J connectivity index is 2.90. The summed E-state index contributed by atoms with van der Waals surface area (Å²) in [5.41, 5.74) is 1.12. The van der Waals surface area contributed by atoms with Gasteiger partial charge in [0.05, 0.1) is 16.7 Å². The number of nitrogens with two attached hydrogens (primary N) is 2. The molecule has 0 aliphatic heterocycles. The molecule has 2 rings (SSSR count). The highest BCUT2D eigenvalue weighted by molar-refractivity contribution is 5.50. The molecule has 0 aromatic heterocycles. The highest BCUT2D eigenvalue weighted by Crippen LogP contribution is 2.53. The molecule has 0 saturated heterocycles. The number of halogens is 9. The molecule has 2 atom stereocenters. The van der Waals surface area contributed by atoms with E-state index in [4.69, 9.17) is 11.5 Å². The van der Waals surface area contributed by atoms with E-state index in [2.05, 4.69) is 0 Å². The number of allylic oxidation sites excluding steroid dienone is 1. The van der Waals surface area contributed by atoms with Crippen molar-refractivity contribution in [1.29, 1.82) is 0 Å². The highest BCUT2D eigenvalue weighted by atomic mass is 19.4. The van der Waals surface area contributed by atoms with Crippen molar-refractivity contribution in [3.63, 3.8) is 0 Å². The Labute approximate surface area is 141 Å². The van der Waals surface area contributed by atoms with Gasteiger partial charge in [-0.25, -0.2) is 0 Å². The van der Waals surface area contributed by atoms with Crippen LogP contribution in [0.4, 0.5) is 39.5 Å². The molecule has 4 N–H and O–H groups in total. The van der Waals surface area contributed by atoms with E-state index in [1.54, 1.807) is 0 Å². The molecule has 0 spiro atoms. The second-order valence-corrected chi connectivity index (χ2v) is 5.65. The van der Waals surface area contributed by atoms with Gasteiger partial charge in [0.15, 0.2) is 0 Å². The van der Waals surface area contributed by atoms with Gasteiger partial charge in [0.1, 0.15) is 5.92 Å². The van der Waals surface area contributed by atoms with Crippen molar-refractivity contribution < 1.29 is 39.5 Å². The lowest BCUT2D eigenvalue weighted by atomic mass is 9.68. The first-order valence-corrected chi connectivity index (χ1v) is 6.88. The predicted octanol–water partition coefficient (Wildman–Crippen LogP) is 4.38. The minimum absolute atomic E-state index is 0.120. The first-order chi connectivity index (χ1) is 11.6. The molecule has 1 aromatic rings. The van der Waals surface area contributed by atoms with E-state index < -0.39 is 52.4 Å². The van der Waals surface area contributed by atoms with Crippen LogP contribution in [0, 0.1) is 5.92 Å². The van der Waals surface area contributed by atoms with E-state index in [0.29, 0.717) is 12.1 Å². The van der Waals surface area contributed by atoms with Gasteiger partial charge in [-0.1, -0.05) is 18.2 Å². The Bertz CT molecular complexity index is 756. The summed E-state index contributed by atoms with van der Waals surface area (Å²) < 4.78 is 120. The van der Waals surface area contributed by atoms with Crippen molar-refractivity contribution in [2.24, 2.45) is 17.4 Å². The molecule has 2 nitrogen and oxygen atoms in total. The summed E-state index contributed by atoms with van der Waals surface area (Å²) in [6.07, 6.45) is -15.8. The standard InChI is InChI=1S/C15H11F9N2/c16-13(17,18)9-4-2-1-3-8(9)12(26)10(14(19,20)21)5-7(25)6-11(12)15(22,23)24/h1-6,10H,25-26H2. The zero-order chi connectivity index (χ0) is 20.1. The van der Waals surface area contributed by atoms with Crippen molar-refractivity contribution in [2.75, 3.05) is 0 Å². The van der Waals surface area contributed by atoms with Gasteiger partial charge in [0.2, 0.25) is 0 Å². The van der Waals surface area contributed by atoms with Crippen LogP contribution in [0.25, 0.3) is 0 Å². The number of benzene rings is 1. The maximum absolute atomic E-state index is 13.4. The first kappa shape index (κ1) is 20.1. The van der Waals surface area contributed by atoms with E-state index in [9.17, 15) is 39.5 Å². The Morgan fingerprint density at radius 1 is 0.846 bits per heavy atom. The maximum Gasteiger partial charge on any atom is 0.416 e. The lowest BCUT2D eigenvalue weighted by molar-refractivity contribution is -0.186. The van der Waals surface area contributed by atoms with E-state index in [-0.39, 0.29) is 12.2 Å². The number of rotatable bonds is 1. The Morgan fingerprint density at radius 2 is 1.38 bits per heavy atom. The summed E-state index contributed by atoms with van der Waals surface area (Å²) in [5, 5.41) is 0. The monoisotopic (exact) mass is 390 g/mol. The molecule has 11 heteroatoms. The summed E-state index contributed by atoms with van der Waals surface area (Å²) in [6, 6.07) is 2.58. The lowest BCUT2D eigenvalue weighted by Crippen LogP contribution is -2.56. The largest absolute Gasteiger partial charge is 0.416 e. The molecule has 2 unspecified atom stereocenters. The fourth-order valence-electron chi connectivity index (χ4n) is 2.90. The molecule has 1 aliphatic carbocycles.